The molecular weight excluding hydrogens is 336 g/mol. The topological polar surface area (TPSA) is 61.1 Å². The average molecular weight is 350 g/mol. The van der Waals surface area contributed by atoms with Crippen LogP contribution in [-0.4, -0.2) is 20.9 Å². The molecule has 0 saturated carbocycles. The standard InChI is InChI=1S/C19H14N2O3S/c1-13-12-16(22)21(18(24)15-10-6-3-7-11-15)19(25)20(13)17(23)14-8-4-2-5-9-14/h2-12H,1H3. The van der Waals surface area contributed by atoms with Gasteiger partial charge in [0, 0.05) is 22.9 Å². The third-order valence-corrected chi connectivity index (χ3v) is 4.10. The van der Waals surface area contributed by atoms with Crippen molar-refractivity contribution >= 4 is 24.0 Å². The largest absolute Gasteiger partial charge is 0.269 e. The van der Waals surface area contributed by atoms with Crippen LogP contribution >= 0.6 is 12.2 Å². The highest BCUT2D eigenvalue weighted by atomic mass is 32.1. The maximum Gasteiger partial charge on any atom is 0.267 e. The van der Waals surface area contributed by atoms with Crippen molar-refractivity contribution in [2.75, 3.05) is 0 Å². The molecule has 0 N–H and O–H groups in total. The van der Waals surface area contributed by atoms with Crippen molar-refractivity contribution in [2.24, 2.45) is 0 Å². The van der Waals surface area contributed by atoms with Crippen LogP contribution in [0.15, 0.2) is 71.5 Å². The second-order valence-electron chi connectivity index (χ2n) is 5.42. The third kappa shape index (κ3) is 3.12. The van der Waals surface area contributed by atoms with E-state index in [1.54, 1.807) is 67.6 Å². The van der Waals surface area contributed by atoms with Gasteiger partial charge in [-0.3, -0.25) is 19.0 Å². The molecule has 0 atom stereocenters. The van der Waals surface area contributed by atoms with Crippen LogP contribution in [0.1, 0.15) is 26.4 Å². The summed E-state index contributed by atoms with van der Waals surface area (Å²) in [7, 11) is 0. The smallest absolute Gasteiger partial charge is 0.267 e. The Morgan fingerprint density at radius 3 is 1.72 bits per heavy atom. The van der Waals surface area contributed by atoms with Crippen molar-refractivity contribution in [3.05, 3.63) is 98.7 Å². The minimum absolute atomic E-state index is 0.146. The normalized spacial score (nSPS) is 10.4. The Balaban J connectivity index is 2.20. The fraction of sp³-hybridized carbons (Fsp3) is 0.0526. The lowest BCUT2D eigenvalue weighted by molar-refractivity contribution is 0.0934. The van der Waals surface area contributed by atoms with Gasteiger partial charge >= 0.3 is 0 Å². The first kappa shape index (κ1) is 16.7. The van der Waals surface area contributed by atoms with Gasteiger partial charge in [-0.15, -0.1) is 0 Å². The molecule has 5 nitrogen and oxygen atoms in total. The predicted molar refractivity (Wildman–Crippen MR) is 96.6 cm³/mol. The van der Waals surface area contributed by atoms with Gasteiger partial charge in [0.1, 0.15) is 0 Å². The second kappa shape index (κ2) is 6.78. The zero-order valence-corrected chi connectivity index (χ0v) is 14.2. The molecule has 25 heavy (non-hydrogen) atoms. The van der Waals surface area contributed by atoms with E-state index in [0.717, 1.165) is 4.57 Å². The van der Waals surface area contributed by atoms with E-state index in [1.807, 2.05) is 0 Å². The van der Waals surface area contributed by atoms with Crippen molar-refractivity contribution in [1.29, 1.82) is 0 Å². The van der Waals surface area contributed by atoms with Crippen molar-refractivity contribution in [2.45, 2.75) is 6.92 Å². The maximum absolute atomic E-state index is 12.8. The van der Waals surface area contributed by atoms with Crippen LogP contribution in [0.25, 0.3) is 0 Å². The Hall–Kier alpha value is -3.12. The molecule has 6 heteroatoms. The van der Waals surface area contributed by atoms with E-state index in [1.165, 1.54) is 10.6 Å². The predicted octanol–water partition coefficient (Wildman–Crippen LogP) is 3.06. The van der Waals surface area contributed by atoms with Gasteiger partial charge in [-0.25, -0.2) is 4.57 Å². The summed E-state index contributed by atoms with van der Waals surface area (Å²) in [5.74, 6) is -0.956. The number of carbonyl (C=O) groups excluding carboxylic acids is 2. The maximum atomic E-state index is 12.8. The lowest BCUT2D eigenvalue weighted by atomic mass is 10.2. The van der Waals surface area contributed by atoms with Crippen LogP contribution in [0.5, 0.6) is 0 Å². The monoisotopic (exact) mass is 350 g/mol. The Labute approximate surface area is 148 Å². The fourth-order valence-electron chi connectivity index (χ4n) is 2.51. The first-order valence-corrected chi connectivity index (χ1v) is 7.97. The molecule has 2 aromatic carbocycles. The molecule has 0 amide bonds. The molecule has 0 aliphatic heterocycles. The van der Waals surface area contributed by atoms with Crippen LogP contribution in [-0.2, 0) is 0 Å². The molecule has 3 rings (SSSR count). The third-order valence-electron chi connectivity index (χ3n) is 3.74. The molecule has 0 aliphatic carbocycles. The second-order valence-corrected chi connectivity index (χ2v) is 5.78. The molecule has 0 aliphatic rings. The number of aryl methyl sites for hydroxylation is 1. The molecule has 0 unspecified atom stereocenters. The lowest BCUT2D eigenvalue weighted by Gasteiger charge is -2.13. The molecule has 1 aromatic heterocycles. The summed E-state index contributed by atoms with van der Waals surface area (Å²) in [6.07, 6.45) is 0. The van der Waals surface area contributed by atoms with Gasteiger partial charge in [0.2, 0.25) is 0 Å². The van der Waals surface area contributed by atoms with Gasteiger partial charge in [-0.2, -0.15) is 0 Å². The van der Waals surface area contributed by atoms with E-state index in [9.17, 15) is 14.4 Å². The van der Waals surface area contributed by atoms with Crippen LogP contribution in [0.4, 0.5) is 0 Å². The van der Waals surface area contributed by atoms with E-state index in [0.29, 0.717) is 16.8 Å². The van der Waals surface area contributed by atoms with Crippen molar-refractivity contribution in [3.8, 4) is 0 Å². The molecule has 0 radical (unpaired) electrons. The van der Waals surface area contributed by atoms with Crippen molar-refractivity contribution < 1.29 is 9.59 Å². The zero-order chi connectivity index (χ0) is 18.0. The van der Waals surface area contributed by atoms with Crippen molar-refractivity contribution in [1.82, 2.24) is 9.13 Å². The molecule has 1 heterocycles. The Morgan fingerprint density at radius 2 is 1.24 bits per heavy atom. The van der Waals surface area contributed by atoms with E-state index in [4.69, 9.17) is 12.2 Å². The van der Waals surface area contributed by atoms with Crippen LogP contribution in [0.2, 0.25) is 0 Å². The van der Waals surface area contributed by atoms with Gasteiger partial charge in [0.15, 0.2) is 4.77 Å². The molecule has 3 aromatic rings. The van der Waals surface area contributed by atoms with Crippen LogP contribution in [0.3, 0.4) is 0 Å². The minimum Gasteiger partial charge on any atom is -0.269 e. The lowest BCUT2D eigenvalue weighted by Crippen LogP contribution is -2.33. The number of aromatic nitrogens is 2. The van der Waals surface area contributed by atoms with Gasteiger partial charge in [0.25, 0.3) is 17.4 Å². The quantitative estimate of drug-likeness (QED) is 0.667. The fourth-order valence-corrected chi connectivity index (χ4v) is 2.91. The highest BCUT2D eigenvalue weighted by molar-refractivity contribution is 7.71. The molecule has 0 fully saturated rings. The number of carbonyl (C=O) groups is 2. The van der Waals surface area contributed by atoms with Gasteiger partial charge in [-0.1, -0.05) is 36.4 Å². The Morgan fingerprint density at radius 1 is 0.800 bits per heavy atom. The highest BCUT2D eigenvalue weighted by Crippen LogP contribution is 2.08. The molecule has 0 saturated heterocycles. The summed E-state index contributed by atoms with van der Waals surface area (Å²) in [6, 6.07) is 18.1. The summed E-state index contributed by atoms with van der Waals surface area (Å²) in [4.78, 5) is 37.8. The molecule has 0 bridgehead atoms. The average Bonchev–Trinajstić information content (AvgIpc) is 2.62. The minimum atomic E-state index is -0.565. The molecule has 124 valence electrons. The van der Waals surface area contributed by atoms with E-state index in [2.05, 4.69) is 0 Å². The van der Waals surface area contributed by atoms with Crippen LogP contribution in [0, 0.1) is 11.7 Å². The summed E-state index contributed by atoms with van der Waals surface area (Å²) >= 11 is 5.30. The number of hydrogen-bond donors (Lipinski definition) is 0. The Bertz CT molecular complexity index is 1070. The SMILES string of the molecule is Cc1cc(=O)n(C(=O)c2ccccc2)c(=S)n1C(=O)c1ccccc1. The highest BCUT2D eigenvalue weighted by Gasteiger charge is 2.18. The van der Waals surface area contributed by atoms with Gasteiger partial charge in [0.05, 0.1) is 0 Å². The molecule has 0 spiro atoms. The number of benzene rings is 2. The number of nitrogens with zero attached hydrogens (tertiary/aromatic N) is 2. The van der Waals surface area contributed by atoms with Gasteiger partial charge < -0.3 is 0 Å². The number of hydrogen-bond acceptors (Lipinski definition) is 4. The summed E-state index contributed by atoms with van der Waals surface area (Å²) < 4.78 is 1.90. The van der Waals surface area contributed by atoms with Crippen LogP contribution < -0.4 is 5.56 Å². The van der Waals surface area contributed by atoms with Crippen molar-refractivity contribution in [3.63, 3.8) is 0 Å². The summed E-state index contributed by atoms with van der Waals surface area (Å²) in [5.41, 5.74) is 0.548. The summed E-state index contributed by atoms with van der Waals surface area (Å²) in [5, 5.41) is 0. The van der Waals surface area contributed by atoms with E-state index < -0.39 is 17.4 Å². The van der Waals surface area contributed by atoms with E-state index in [-0.39, 0.29) is 4.77 Å². The number of rotatable bonds is 2. The summed E-state index contributed by atoms with van der Waals surface area (Å²) in [6.45, 7) is 1.61. The van der Waals surface area contributed by atoms with Gasteiger partial charge in [-0.05, 0) is 43.4 Å². The first-order chi connectivity index (χ1) is 12.0. The Kier molecular flexibility index (Phi) is 4.54. The van der Waals surface area contributed by atoms with E-state index >= 15 is 0 Å². The molecular formula is C19H14N2O3S. The zero-order valence-electron chi connectivity index (χ0n) is 13.4. The first-order valence-electron chi connectivity index (χ1n) is 7.56.